The van der Waals surface area contributed by atoms with Crippen LogP contribution in [0.15, 0.2) is 82.5 Å². The minimum absolute atomic E-state index is 0.166. The third-order valence-corrected chi connectivity index (χ3v) is 5.65. The van der Waals surface area contributed by atoms with Gasteiger partial charge in [0.2, 0.25) is 0 Å². The molecule has 5 rings (SSSR count). The Morgan fingerprint density at radius 2 is 1.74 bits per heavy atom. The summed E-state index contributed by atoms with van der Waals surface area (Å²) < 4.78 is 13.3. The summed E-state index contributed by atoms with van der Waals surface area (Å²) in [5, 5.41) is 4.42. The Kier molecular flexibility index (Phi) is 5.92. The molecule has 0 N–H and O–H groups in total. The van der Waals surface area contributed by atoms with Gasteiger partial charge in [0.1, 0.15) is 11.5 Å². The number of carbonyl (C=O) groups excluding carboxylic acids is 2. The van der Waals surface area contributed by atoms with Gasteiger partial charge in [-0.3, -0.25) is 14.4 Å². The van der Waals surface area contributed by atoms with E-state index in [2.05, 4.69) is 5.10 Å². The topological polar surface area (TPSA) is 99.6 Å². The Balaban J connectivity index is 1.59. The predicted molar refractivity (Wildman–Crippen MR) is 123 cm³/mol. The SMILES string of the molecule is O=C(c1cn(C(=O)c2ccccc2)nc1-c1cccn(Cc2ccco2)c1=O)N1CCOCC1. The van der Waals surface area contributed by atoms with Crippen molar-refractivity contribution in [2.45, 2.75) is 6.54 Å². The average Bonchev–Trinajstić information content (AvgIpc) is 3.56. The number of ether oxygens (including phenoxy) is 1. The quantitative estimate of drug-likeness (QED) is 0.456. The van der Waals surface area contributed by atoms with E-state index in [9.17, 15) is 14.4 Å². The zero-order valence-electron chi connectivity index (χ0n) is 18.3. The number of carbonyl (C=O) groups is 2. The smallest absolute Gasteiger partial charge is 0.278 e. The second kappa shape index (κ2) is 9.32. The predicted octanol–water partition coefficient (Wildman–Crippen LogP) is 2.51. The molecule has 1 aromatic carbocycles. The molecular formula is C25H22N4O5. The molecule has 0 spiro atoms. The molecule has 1 fully saturated rings. The van der Waals surface area contributed by atoms with E-state index in [1.807, 2.05) is 6.07 Å². The molecule has 0 bridgehead atoms. The van der Waals surface area contributed by atoms with Crippen molar-refractivity contribution in [3.05, 3.63) is 100 Å². The first-order valence-corrected chi connectivity index (χ1v) is 10.9. The fourth-order valence-electron chi connectivity index (χ4n) is 3.90. The van der Waals surface area contributed by atoms with Crippen molar-refractivity contribution in [2.24, 2.45) is 0 Å². The van der Waals surface area contributed by atoms with Gasteiger partial charge in [0.15, 0.2) is 0 Å². The van der Waals surface area contributed by atoms with Crippen LogP contribution >= 0.6 is 0 Å². The Hall–Kier alpha value is -4.24. The molecule has 0 atom stereocenters. The van der Waals surface area contributed by atoms with Crippen LogP contribution in [0.2, 0.25) is 0 Å². The van der Waals surface area contributed by atoms with Crippen molar-refractivity contribution < 1.29 is 18.7 Å². The molecule has 9 nitrogen and oxygen atoms in total. The van der Waals surface area contributed by atoms with Crippen molar-refractivity contribution in [1.82, 2.24) is 19.2 Å². The monoisotopic (exact) mass is 458 g/mol. The molecule has 4 heterocycles. The number of nitrogens with zero attached hydrogens (tertiary/aromatic N) is 4. The summed E-state index contributed by atoms with van der Waals surface area (Å²) in [6.07, 6.45) is 4.59. The highest BCUT2D eigenvalue weighted by atomic mass is 16.5. The van der Waals surface area contributed by atoms with Gasteiger partial charge in [0.25, 0.3) is 17.4 Å². The van der Waals surface area contributed by atoms with Gasteiger partial charge in [0.05, 0.1) is 37.1 Å². The maximum atomic E-state index is 13.4. The molecule has 34 heavy (non-hydrogen) atoms. The molecule has 3 aromatic heterocycles. The van der Waals surface area contributed by atoms with Gasteiger partial charge in [-0.2, -0.15) is 5.10 Å². The molecule has 1 aliphatic rings. The first-order chi connectivity index (χ1) is 16.6. The lowest BCUT2D eigenvalue weighted by atomic mass is 10.1. The molecule has 1 aliphatic heterocycles. The first kappa shape index (κ1) is 21.6. The van der Waals surface area contributed by atoms with E-state index in [1.54, 1.807) is 65.9 Å². The minimum Gasteiger partial charge on any atom is -0.467 e. The lowest BCUT2D eigenvalue weighted by Crippen LogP contribution is -2.40. The molecule has 0 radical (unpaired) electrons. The van der Waals surface area contributed by atoms with Crippen LogP contribution in [-0.4, -0.2) is 57.4 Å². The highest BCUT2D eigenvalue weighted by Crippen LogP contribution is 2.22. The fraction of sp³-hybridized carbons (Fsp3) is 0.200. The standard InChI is InChI=1S/C25H22N4O5/c30-23(18-6-2-1-3-7-18)29-17-21(25(32)27-11-14-33-15-12-27)22(26-29)20-9-4-10-28(24(20)31)16-19-8-5-13-34-19/h1-10,13,17H,11-12,14-16H2. The maximum absolute atomic E-state index is 13.4. The summed E-state index contributed by atoms with van der Waals surface area (Å²) >= 11 is 0. The number of pyridine rings is 1. The zero-order valence-corrected chi connectivity index (χ0v) is 18.3. The number of morpholine rings is 1. The van der Waals surface area contributed by atoms with Crippen molar-refractivity contribution in [3.63, 3.8) is 0 Å². The van der Waals surface area contributed by atoms with E-state index >= 15 is 0 Å². The molecule has 9 heteroatoms. The second-order valence-electron chi connectivity index (χ2n) is 7.85. The van der Waals surface area contributed by atoms with Gasteiger partial charge in [0, 0.05) is 31.0 Å². The molecule has 172 valence electrons. The highest BCUT2D eigenvalue weighted by Gasteiger charge is 2.27. The molecule has 0 saturated carbocycles. The van der Waals surface area contributed by atoms with Gasteiger partial charge >= 0.3 is 0 Å². The van der Waals surface area contributed by atoms with Crippen molar-refractivity contribution in [2.75, 3.05) is 26.3 Å². The fourth-order valence-corrected chi connectivity index (χ4v) is 3.90. The number of benzene rings is 1. The molecular weight excluding hydrogens is 436 g/mol. The molecule has 1 amide bonds. The van der Waals surface area contributed by atoms with Crippen LogP contribution in [0, 0.1) is 0 Å². The first-order valence-electron chi connectivity index (χ1n) is 10.9. The van der Waals surface area contributed by atoms with Crippen molar-refractivity contribution >= 4 is 11.8 Å². The number of aromatic nitrogens is 3. The molecule has 1 saturated heterocycles. The van der Waals surface area contributed by atoms with Gasteiger partial charge < -0.3 is 18.6 Å². The Morgan fingerprint density at radius 3 is 2.47 bits per heavy atom. The van der Waals surface area contributed by atoms with Gasteiger partial charge in [-0.1, -0.05) is 18.2 Å². The van der Waals surface area contributed by atoms with E-state index in [-0.39, 0.29) is 34.8 Å². The Bertz CT molecular complexity index is 1370. The summed E-state index contributed by atoms with van der Waals surface area (Å²) in [5.74, 6) is -0.0744. The van der Waals surface area contributed by atoms with Crippen LogP contribution < -0.4 is 5.56 Å². The van der Waals surface area contributed by atoms with E-state index in [1.165, 1.54) is 10.8 Å². The summed E-state index contributed by atoms with van der Waals surface area (Å²) in [4.78, 5) is 41.4. The van der Waals surface area contributed by atoms with Gasteiger partial charge in [-0.25, -0.2) is 4.68 Å². The number of furan rings is 1. The van der Waals surface area contributed by atoms with E-state index in [0.717, 1.165) is 4.68 Å². The largest absolute Gasteiger partial charge is 0.467 e. The number of hydrogen-bond donors (Lipinski definition) is 0. The summed E-state index contributed by atoms with van der Waals surface area (Å²) in [6.45, 7) is 1.94. The highest BCUT2D eigenvalue weighted by molar-refractivity contribution is 6.02. The molecule has 0 aliphatic carbocycles. The summed E-state index contributed by atoms with van der Waals surface area (Å²) in [7, 11) is 0. The minimum atomic E-state index is -0.394. The van der Waals surface area contributed by atoms with Crippen molar-refractivity contribution in [3.8, 4) is 11.3 Å². The number of hydrogen-bond acceptors (Lipinski definition) is 6. The maximum Gasteiger partial charge on any atom is 0.278 e. The van der Waals surface area contributed by atoms with Crippen LogP contribution in [0.25, 0.3) is 11.3 Å². The number of rotatable bonds is 5. The normalized spacial score (nSPS) is 13.7. The second-order valence-corrected chi connectivity index (χ2v) is 7.85. The van der Waals surface area contributed by atoms with E-state index in [0.29, 0.717) is 37.6 Å². The Labute approximate surface area is 194 Å². The van der Waals surface area contributed by atoms with Crippen LogP contribution in [0.3, 0.4) is 0 Å². The van der Waals surface area contributed by atoms with Gasteiger partial charge in [-0.05, 0) is 36.4 Å². The zero-order chi connectivity index (χ0) is 23.5. The Morgan fingerprint density at radius 1 is 0.941 bits per heavy atom. The van der Waals surface area contributed by atoms with Gasteiger partial charge in [-0.15, -0.1) is 0 Å². The van der Waals surface area contributed by atoms with Crippen LogP contribution in [0.5, 0.6) is 0 Å². The lowest BCUT2D eigenvalue weighted by molar-refractivity contribution is 0.0303. The van der Waals surface area contributed by atoms with Crippen molar-refractivity contribution in [1.29, 1.82) is 0 Å². The third-order valence-electron chi connectivity index (χ3n) is 5.65. The lowest BCUT2D eigenvalue weighted by Gasteiger charge is -2.26. The summed E-state index contributed by atoms with van der Waals surface area (Å²) in [6, 6.07) is 15.5. The van der Waals surface area contributed by atoms with Crippen LogP contribution in [0.1, 0.15) is 26.5 Å². The average molecular weight is 458 g/mol. The summed E-state index contributed by atoms with van der Waals surface area (Å²) in [5.41, 5.74) is 0.668. The third kappa shape index (κ3) is 4.20. The van der Waals surface area contributed by atoms with E-state index in [4.69, 9.17) is 9.15 Å². The number of amides is 1. The van der Waals surface area contributed by atoms with Crippen LogP contribution in [-0.2, 0) is 11.3 Å². The van der Waals surface area contributed by atoms with Crippen LogP contribution in [0.4, 0.5) is 0 Å². The molecule has 4 aromatic rings. The van der Waals surface area contributed by atoms with E-state index < -0.39 is 5.91 Å². The molecule has 0 unspecified atom stereocenters.